The molecule has 0 saturated heterocycles. The topological polar surface area (TPSA) is 94.3 Å². The van der Waals surface area contributed by atoms with Crippen LogP contribution in [0.5, 0.6) is 0 Å². The van der Waals surface area contributed by atoms with Crippen molar-refractivity contribution >= 4 is 40.8 Å². The van der Waals surface area contributed by atoms with Crippen molar-refractivity contribution in [2.24, 2.45) is 0 Å². The first-order valence-corrected chi connectivity index (χ1v) is 8.39. The van der Waals surface area contributed by atoms with E-state index in [1.807, 2.05) is 0 Å². The normalized spacial score (nSPS) is 10.5. The van der Waals surface area contributed by atoms with Crippen LogP contribution in [0, 0.1) is 6.92 Å². The van der Waals surface area contributed by atoms with Crippen molar-refractivity contribution in [1.82, 2.24) is 10.1 Å². The molecule has 0 unspecified atom stereocenters. The number of amides is 1. The summed E-state index contributed by atoms with van der Waals surface area (Å²) in [6.07, 6.45) is 0.148. The van der Waals surface area contributed by atoms with Gasteiger partial charge in [0.1, 0.15) is 5.76 Å². The molecule has 0 aliphatic heterocycles. The van der Waals surface area contributed by atoms with Crippen molar-refractivity contribution in [3.8, 4) is 0 Å². The van der Waals surface area contributed by atoms with Gasteiger partial charge in [0, 0.05) is 11.4 Å². The smallest absolute Gasteiger partial charge is 0.311 e. The molecule has 7 nitrogen and oxygen atoms in total. The number of carbonyl (C=O) groups is 2. The fourth-order valence-electron chi connectivity index (χ4n) is 1.53. The molecule has 0 aliphatic rings. The molecule has 0 fully saturated rings. The average molecular weight is 341 g/mol. The Kier molecular flexibility index (Phi) is 5.96. The highest BCUT2D eigenvalue weighted by molar-refractivity contribution is 8.01. The van der Waals surface area contributed by atoms with E-state index >= 15 is 0 Å². The minimum Gasteiger partial charge on any atom is -0.466 e. The molecule has 2 rings (SSSR count). The molecule has 0 saturated carbocycles. The molecule has 2 heterocycles. The van der Waals surface area contributed by atoms with Gasteiger partial charge in [0.05, 0.1) is 24.5 Å². The summed E-state index contributed by atoms with van der Waals surface area (Å²) < 4.78 is 10.5. The molecule has 0 spiro atoms. The molecule has 1 N–H and O–H groups in total. The quantitative estimate of drug-likeness (QED) is 0.610. The van der Waals surface area contributed by atoms with E-state index in [0.717, 1.165) is 4.34 Å². The van der Waals surface area contributed by atoms with Gasteiger partial charge in [-0.15, -0.1) is 11.3 Å². The maximum absolute atomic E-state index is 11.8. The Bertz CT molecular complexity index is 653. The van der Waals surface area contributed by atoms with Gasteiger partial charge in [-0.2, -0.15) is 0 Å². The van der Waals surface area contributed by atoms with Gasteiger partial charge in [-0.25, -0.2) is 4.98 Å². The van der Waals surface area contributed by atoms with Crippen molar-refractivity contribution in [3.63, 3.8) is 0 Å². The van der Waals surface area contributed by atoms with Crippen LogP contribution in [-0.2, 0) is 20.7 Å². The number of thioether (sulfide) groups is 1. The number of hydrogen-bond acceptors (Lipinski definition) is 8. The number of aryl methyl sites for hydroxylation is 1. The van der Waals surface area contributed by atoms with E-state index in [-0.39, 0.29) is 24.1 Å². The van der Waals surface area contributed by atoms with Crippen LogP contribution in [0.4, 0.5) is 5.82 Å². The Morgan fingerprint density at radius 2 is 2.32 bits per heavy atom. The van der Waals surface area contributed by atoms with Gasteiger partial charge in [0.15, 0.2) is 10.2 Å². The summed E-state index contributed by atoms with van der Waals surface area (Å²) in [6.45, 7) is 3.86. The molecule has 0 aromatic carbocycles. The van der Waals surface area contributed by atoms with Gasteiger partial charge < -0.3 is 14.6 Å². The zero-order valence-electron chi connectivity index (χ0n) is 12.1. The first kappa shape index (κ1) is 16.5. The molecule has 0 atom stereocenters. The van der Waals surface area contributed by atoms with Crippen LogP contribution in [0.25, 0.3) is 0 Å². The number of nitrogens with zero attached hydrogens (tertiary/aromatic N) is 2. The number of carbonyl (C=O) groups excluding carboxylic acids is 2. The third-order valence-corrected chi connectivity index (χ3v) is 4.45. The minimum absolute atomic E-state index is 0.148. The summed E-state index contributed by atoms with van der Waals surface area (Å²) in [6, 6.07) is 1.64. The van der Waals surface area contributed by atoms with Crippen molar-refractivity contribution in [2.45, 2.75) is 24.6 Å². The Morgan fingerprint density at radius 3 is 3.00 bits per heavy atom. The fourth-order valence-corrected chi connectivity index (χ4v) is 3.17. The summed E-state index contributed by atoms with van der Waals surface area (Å²) in [4.78, 5) is 27.4. The van der Waals surface area contributed by atoms with Crippen LogP contribution in [0.15, 0.2) is 20.3 Å². The summed E-state index contributed by atoms with van der Waals surface area (Å²) in [5.41, 5.74) is 0.651. The van der Waals surface area contributed by atoms with Crippen LogP contribution in [0.2, 0.25) is 0 Å². The molecule has 0 radical (unpaired) electrons. The van der Waals surface area contributed by atoms with Crippen LogP contribution in [-0.4, -0.2) is 34.4 Å². The second-order valence-corrected chi connectivity index (χ2v) is 6.33. The lowest BCUT2D eigenvalue weighted by Gasteiger charge is -1.99. The predicted octanol–water partition coefficient (Wildman–Crippen LogP) is 2.28. The summed E-state index contributed by atoms with van der Waals surface area (Å²) in [5, 5.41) is 8.10. The highest BCUT2D eigenvalue weighted by Gasteiger charge is 2.11. The number of nitrogens with one attached hydrogen (secondary N) is 1. The fraction of sp³-hybridized carbons (Fsp3) is 0.385. The van der Waals surface area contributed by atoms with E-state index in [1.54, 1.807) is 25.3 Å². The third kappa shape index (κ3) is 5.15. The van der Waals surface area contributed by atoms with Crippen molar-refractivity contribution in [3.05, 3.63) is 22.9 Å². The molecule has 0 aliphatic carbocycles. The van der Waals surface area contributed by atoms with E-state index in [9.17, 15) is 9.59 Å². The molecule has 2 aromatic heterocycles. The number of aromatic nitrogens is 2. The second kappa shape index (κ2) is 7.95. The number of anilines is 1. The van der Waals surface area contributed by atoms with Gasteiger partial charge in [-0.1, -0.05) is 16.9 Å². The first-order chi connectivity index (χ1) is 10.6. The highest BCUT2D eigenvalue weighted by atomic mass is 32.2. The van der Waals surface area contributed by atoms with Crippen molar-refractivity contribution < 1.29 is 18.8 Å². The van der Waals surface area contributed by atoms with E-state index in [0.29, 0.717) is 23.9 Å². The second-order valence-electron chi connectivity index (χ2n) is 4.25. The average Bonchev–Trinajstić information content (AvgIpc) is 3.06. The van der Waals surface area contributed by atoms with Gasteiger partial charge in [-0.05, 0) is 13.8 Å². The number of esters is 1. The van der Waals surface area contributed by atoms with E-state index in [2.05, 4.69) is 15.5 Å². The first-order valence-electron chi connectivity index (χ1n) is 6.52. The van der Waals surface area contributed by atoms with Crippen molar-refractivity contribution in [1.29, 1.82) is 0 Å². The third-order valence-electron chi connectivity index (χ3n) is 2.38. The molecule has 0 bridgehead atoms. The molecule has 9 heteroatoms. The van der Waals surface area contributed by atoms with Gasteiger partial charge in [0.2, 0.25) is 5.91 Å². The van der Waals surface area contributed by atoms with E-state index < -0.39 is 0 Å². The zero-order chi connectivity index (χ0) is 15.9. The van der Waals surface area contributed by atoms with Gasteiger partial charge in [-0.3, -0.25) is 9.59 Å². The van der Waals surface area contributed by atoms with E-state index in [1.165, 1.54) is 23.1 Å². The minimum atomic E-state index is -0.302. The van der Waals surface area contributed by atoms with Crippen molar-refractivity contribution in [2.75, 3.05) is 17.7 Å². The standard InChI is InChI=1S/C13H15N3O4S2/c1-3-19-12(18)5-9-6-21-13(14-9)22-7-11(17)15-10-4-8(2)20-16-10/h4,6H,3,5,7H2,1-2H3,(H,15,16,17). The largest absolute Gasteiger partial charge is 0.466 e. The Balaban J connectivity index is 1.78. The number of hydrogen-bond donors (Lipinski definition) is 1. The number of ether oxygens (including phenoxy) is 1. The Hall–Kier alpha value is -1.87. The lowest BCUT2D eigenvalue weighted by molar-refractivity contribution is -0.142. The lowest BCUT2D eigenvalue weighted by atomic mass is 10.3. The Morgan fingerprint density at radius 1 is 1.50 bits per heavy atom. The zero-order valence-corrected chi connectivity index (χ0v) is 13.8. The predicted molar refractivity (Wildman–Crippen MR) is 83.0 cm³/mol. The Labute approximate surface area is 135 Å². The summed E-state index contributed by atoms with van der Waals surface area (Å²) in [5.74, 6) is 0.735. The van der Waals surface area contributed by atoms with Gasteiger partial charge in [0.25, 0.3) is 0 Å². The SMILES string of the molecule is CCOC(=O)Cc1csc(SCC(=O)Nc2cc(C)on2)n1. The van der Waals surface area contributed by atoms with E-state index in [4.69, 9.17) is 9.26 Å². The molecule has 22 heavy (non-hydrogen) atoms. The molecular weight excluding hydrogens is 326 g/mol. The van der Waals surface area contributed by atoms with Crippen LogP contribution >= 0.6 is 23.1 Å². The lowest BCUT2D eigenvalue weighted by Crippen LogP contribution is -2.14. The van der Waals surface area contributed by atoms with Crippen LogP contribution < -0.4 is 5.32 Å². The number of rotatable bonds is 7. The maximum Gasteiger partial charge on any atom is 0.311 e. The molecule has 2 aromatic rings. The molecular formula is C13H15N3O4S2. The highest BCUT2D eigenvalue weighted by Crippen LogP contribution is 2.23. The summed E-state index contributed by atoms with van der Waals surface area (Å²) in [7, 11) is 0. The maximum atomic E-state index is 11.8. The summed E-state index contributed by atoms with van der Waals surface area (Å²) >= 11 is 2.69. The molecule has 1 amide bonds. The van der Waals surface area contributed by atoms with Gasteiger partial charge >= 0.3 is 5.97 Å². The van der Waals surface area contributed by atoms with Crippen LogP contribution in [0.3, 0.4) is 0 Å². The molecule has 118 valence electrons. The monoisotopic (exact) mass is 341 g/mol. The number of thiazole rings is 1. The van der Waals surface area contributed by atoms with Crippen LogP contribution in [0.1, 0.15) is 18.4 Å².